The average Bonchev–Trinajstić information content (AvgIpc) is 2.27. The van der Waals surface area contributed by atoms with Gasteiger partial charge in [0, 0.05) is 19.8 Å². The number of nitrogens with one attached hydrogen (secondary N) is 1. The molecule has 0 aromatic carbocycles. The molecule has 1 unspecified atom stereocenters. The SMILES string of the molecule is Cl.NC(C(=O)NCC1CCC1)C1CCOCC1. The van der Waals surface area contributed by atoms with Crippen molar-refractivity contribution in [3.8, 4) is 0 Å². The zero-order valence-electron chi connectivity index (χ0n) is 10.2. The molecule has 2 aliphatic rings. The second-order valence-corrected chi connectivity index (χ2v) is 5.02. The molecule has 2 rings (SSSR count). The Balaban J connectivity index is 0.00000144. The van der Waals surface area contributed by atoms with E-state index in [1.54, 1.807) is 0 Å². The maximum absolute atomic E-state index is 11.8. The van der Waals surface area contributed by atoms with Gasteiger partial charge in [0.25, 0.3) is 0 Å². The number of carbonyl (C=O) groups excluding carboxylic acids is 1. The van der Waals surface area contributed by atoms with Crippen molar-refractivity contribution < 1.29 is 9.53 Å². The van der Waals surface area contributed by atoms with Crippen LogP contribution in [-0.2, 0) is 9.53 Å². The van der Waals surface area contributed by atoms with Crippen LogP contribution < -0.4 is 11.1 Å². The summed E-state index contributed by atoms with van der Waals surface area (Å²) in [6.45, 7) is 2.30. The van der Waals surface area contributed by atoms with Crippen molar-refractivity contribution in [3.05, 3.63) is 0 Å². The predicted octanol–water partition coefficient (Wildman–Crippen LogP) is 1.08. The highest BCUT2D eigenvalue weighted by molar-refractivity contribution is 5.85. The van der Waals surface area contributed by atoms with Gasteiger partial charge in [-0.25, -0.2) is 0 Å². The van der Waals surface area contributed by atoms with Gasteiger partial charge >= 0.3 is 0 Å². The molecule has 1 saturated heterocycles. The number of halogens is 1. The van der Waals surface area contributed by atoms with Gasteiger partial charge in [0.05, 0.1) is 6.04 Å². The Morgan fingerprint density at radius 3 is 2.47 bits per heavy atom. The van der Waals surface area contributed by atoms with Gasteiger partial charge in [0.1, 0.15) is 0 Å². The van der Waals surface area contributed by atoms with Crippen molar-refractivity contribution in [2.24, 2.45) is 17.6 Å². The molecule has 1 saturated carbocycles. The summed E-state index contributed by atoms with van der Waals surface area (Å²) < 4.78 is 5.27. The molecule has 0 aromatic heterocycles. The Hall–Kier alpha value is -0.320. The van der Waals surface area contributed by atoms with Crippen LogP contribution >= 0.6 is 12.4 Å². The van der Waals surface area contributed by atoms with Crippen LogP contribution in [0.3, 0.4) is 0 Å². The highest BCUT2D eigenvalue weighted by Crippen LogP contribution is 2.25. The third-order valence-corrected chi connectivity index (χ3v) is 3.87. The summed E-state index contributed by atoms with van der Waals surface area (Å²) in [7, 11) is 0. The van der Waals surface area contributed by atoms with Crippen molar-refractivity contribution in [2.75, 3.05) is 19.8 Å². The summed E-state index contributed by atoms with van der Waals surface area (Å²) in [4.78, 5) is 11.8. The molecule has 1 amide bonds. The molecule has 0 radical (unpaired) electrons. The summed E-state index contributed by atoms with van der Waals surface area (Å²) in [5.41, 5.74) is 5.97. The Morgan fingerprint density at radius 2 is 1.94 bits per heavy atom. The van der Waals surface area contributed by atoms with Crippen LogP contribution in [0, 0.1) is 11.8 Å². The molecule has 0 spiro atoms. The third kappa shape index (κ3) is 4.12. The van der Waals surface area contributed by atoms with E-state index in [0.29, 0.717) is 11.8 Å². The summed E-state index contributed by atoms with van der Waals surface area (Å²) in [5, 5.41) is 2.98. The van der Waals surface area contributed by atoms with Gasteiger partial charge in [-0.15, -0.1) is 12.4 Å². The summed E-state index contributed by atoms with van der Waals surface area (Å²) in [6.07, 6.45) is 5.65. The fraction of sp³-hybridized carbons (Fsp3) is 0.917. The Labute approximate surface area is 109 Å². The van der Waals surface area contributed by atoms with Crippen LogP contribution in [0.5, 0.6) is 0 Å². The lowest BCUT2D eigenvalue weighted by Gasteiger charge is -2.29. The number of amides is 1. The van der Waals surface area contributed by atoms with Crippen molar-refractivity contribution >= 4 is 18.3 Å². The molecule has 0 bridgehead atoms. The van der Waals surface area contributed by atoms with E-state index < -0.39 is 0 Å². The number of hydrogen-bond donors (Lipinski definition) is 2. The summed E-state index contributed by atoms with van der Waals surface area (Å²) in [5.74, 6) is 1.03. The standard InChI is InChI=1S/C12H22N2O2.ClH/c13-11(10-4-6-16-7-5-10)12(15)14-8-9-2-1-3-9;/h9-11H,1-8,13H2,(H,14,15);1H. The van der Waals surface area contributed by atoms with Gasteiger partial charge in [-0.2, -0.15) is 0 Å². The monoisotopic (exact) mass is 262 g/mol. The summed E-state index contributed by atoms with van der Waals surface area (Å²) in [6, 6.07) is -0.344. The van der Waals surface area contributed by atoms with Crippen LogP contribution in [0.25, 0.3) is 0 Å². The van der Waals surface area contributed by atoms with Crippen LogP contribution in [0.4, 0.5) is 0 Å². The lowest BCUT2D eigenvalue weighted by atomic mass is 9.85. The normalized spacial score (nSPS) is 23.4. The van der Waals surface area contributed by atoms with Gasteiger partial charge in [-0.1, -0.05) is 6.42 Å². The van der Waals surface area contributed by atoms with Crippen molar-refractivity contribution in [1.82, 2.24) is 5.32 Å². The number of rotatable bonds is 4. The molecule has 2 fully saturated rings. The van der Waals surface area contributed by atoms with Crippen molar-refractivity contribution in [3.63, 3.8) is 0 Å². The number of nitrogens with two attached hydrogens (primary N) is 1. The lowest BCUT2D eigenvalue weighted by Crippen LogP contribution is -2.48. The molecule has 5 heteroatoms. The Morgan fingerprint density at radius 1 is 1.29 bits per heavy atom. The largest absolute Gasteiger partial charge is 0.381 e. The minimum atomic E-state index is -0.344. The Kier molecular flexibility index (Phi) is 6.23. The van der Waals surface area contributed by atoms with E-state index in [1.165, 1.54) is 19.3 Å². The second kappa shape index (κ2) is 7.19. The fourth-order valence-corrected chi connectivity index (χ4v) is 2.35. The topological polar surface area (TPSA) is 64.4 Å². The van der Waals surface area contributed by atoms with E-state index in [2.05, 4.69) is 5.32 Å². The zero-order valence-corrected chi connectivity index (χ0v) is 11.0. The van der Waals surface area contributed by atoms with Gasteiger partial charge < -0.3 is 15.8 Å². The number of carbonyl (C=O) groups is 1. The fourth-order valence-electron chi connectivity index (χ4n) is 2.35. The van der Waals surface area contributed by atoms with E-state index in [1.807, 2.05) is 0 Å². The van der Waals surface area contributed by atoms with Crippen LogP contribution in [-0.4, -0.2) is 31.7 Å². The van der Waals surface area contributed by atoms with E-state index in [-0.39, 0.29) is 24.4 Å². The smallest absolute Gasteiger partial charge is 0.237 e. The zero-order chi connectivity index (χ0) is 11.4. The molecule has 4 nitrogen and oxygen atoms in total. The van der Waals surface area contributed by atoms with Gasteiger partial charge in [-0.05, 0) is 37.5 Å². The highest BCUT2D eigenvalue weighted by atomic mass is 35.5. The van der Waals surface area contributed by atoms with Gasteiger partial charge in [0.2, 0.25) is 5.91 Å². The first kappa shape index (κ1) is 14.7. The first-order valence-electron chi connectivity index (χ1n) is 6.38. The minimum absolute atomic E-state index is 0. The molecule has 1 heterocycles. The molecule has 0 aromatic rings. The van der Waals surface area contributed by atoms with E-state index >= 15 is 0 Å². The quantitative estimate of drug-likeness (QED) is 0.797. The van der Waals surface area contributed by atoms with E-state index in [0.717, 1.165) is 32.6 Å². The number of hydrogen-bond acceptors (Lipinski definition) is 3. The molecular weight excluding hydrogens is 240 g/mol. The van der Waals surface area contributed by atoms with E-state index in [9.17, 15) is 4.79 Å². The van der Waals surface area contributed by atoms with Crippen molar-refractivity contribution in [2.45, 2.75) is 38.1 Å². The van der Waals surface area contributed by atoms with E-state index in [4.69, 9.17) is 10.5 Å². The maximum atomic E-state index is 11.8. The summed E-state index contributed by atoms with van der Waals surface area (Å²) >= 11 is 0. The van der Waals surface area contributed by atoms with Crippen LogP contribution in [0.15, 0.2) is 0 Å². The average molecular weight is 263 g/mol. The minimum Gasteiger partial charge on any atom is -0.381 e. The molecule has 1 aliphatic carbocycles. The molecule has 3 N–H and O–H groups in total. The van der Waals surface area contributed by atoms with Crippen LogP contribution in [0.1, 0.15) is 32.1 Å². The first-order valence-corrected chi connectivity index (χ1v) is 6.38. The molecule has 1 atom stereocenters. The van der Waals surface area contributed by atoms with Crippen LogP contribution in [0.2, 0.25) is 0 Å². The third-order valence-electron chi connectivity index (χ3n) is 3.87. The van der Waals surface area contributed by atoms with Gasteiger partial charge in [-0.3, -0.25) is 4.79 Å². The molecule has 17 heavy (non-hydrogen) atoms. The number of ether oxygens (including phenoxy) is 1. The second-order valence-electron chi connectivity index (χ2n) is 5.02. The Bertz CT molecular complexity index is 241. The predicted molar refractivity (Wildman–Crippen MR) is 69.1 cm³/mol. The molecular formula is C12H23ClN2O2. The van der Waals surface area contributed by atoms with Crippen molar-refractivity contribution in [1.29, 1.82) is 0 Å². The van der Waals surface area contributed by atoms with Gasteiger partial charge in [0.15, 0.2) is 0 Å². The maximum Gasteiger partial charge on any atom is 0.237 e. The first-order chi connectivity index (χ1) is 7.77. The molecule has 1 aliphatic heterocycles. The highest BCUT2D eigenvalue weighted by Gasteiger charge is 2.27. The lowest BCUT2D eigenvalue weighted by molar-refractivity contribution is -0.124. The molecule has 100 valence electrons.